The monoisotopic (exact) mass is 829 g/mol. The molecule has 0 unspecified atom stereocenters. The molecule has 0 bridgehead atoms. The molecule has 10 aromatic rings. The van der Waals surface area contributed by atoms with Gasteiger partial charge in [0, 0.05) is 45.9 Å². The lowest BCUT2D eigenvalue weighted by atomic mass is 10.0. The van der Waals surface area contributed by atoms with E-state index in [0.29, 0.717) is 0 Å². The number of nitrogens with zero attached hydrogens (tertiary/aromatic N) is 5. The van der Waals surface area contributed by atoms with Gasteiger partial charge in [0.2, 0.25) is 0 Å². The summed E-state index contributed by atoms with van der Waals surface area (Å²) in [5.74, 6) is 0.792. The van der Waals surface area contributed by atoms with Gasteiger partial charge in [0.05, 0.1) is 28.5 Å². The van der Waals surface area contributed by atoms with E-state index in [-0.39, 0.29) is 0 Å². The molecule has 5 heteroatoms. The number of rotatable bonds is 6. The first kappa shape index (κ1) is 43.9. The van der Waals surface area contributed by atoms with Crippen LogP contribution >= 0.6 is 0 Å². The summed E-state index contributed by atoms with van der Waals surface area (Å²) in [6.07, 6.45) is 3.60. The van der Waals surface area contributed by atoms with Crippen LogP contribution in [0.3, 0.4) is 0 Å². The van der Waals surface area contributed by atoms with Gasteiger partial charge < -0.3 is 0 Å². The van der Waals surface area contributed by atoms with Gasteiger partial charge >= 0.3 is 0 Å². The number of aryl methyl sites for hydroxylation is 4. The summed E-state index contributed by atoms with van der Waals surface area (Å²) in [6, 6.07) is 76.2. The van der Waals surface area contributed by atoms with Crippen LogP contribution in [0.4, 0.5) is 0 Å². The molecular formula is C59H51N5. The van der Waals surface area contributed by atoms with E-state index in [2.05, 4.69) is 136 Å². The zero-order valence-corrected chi connectivity index (χ0v) is 36.8. The van der Waals surface area contributed by atoms with E-state index in [1.807, 2.05) is 142 Å². The molecule has 10 rings (SSSR count). The molecule has 4 aromatic heterocycles. The maximum absolute atomic E-state index is 4.77. The van der Waals surface area contributed by atoms with Gasteiger partial charge in [-0.1, -0.05) is 188 Å². The lowest BCUT2D eigenvalue weighted by Crippen LogP contribution is -1.94. The Balaban J connectivity index is 0.000000133. The zero-order valence-electron chi connectivity index (χ0n) is 36.8. The molecule has 6 aromatic carbocycles. The highest BCUT2D eigenvalue weighted by molar-refractivity contribution is 5.71. The van der Waals surface area contributed by atoms with Crippen molar-refractivity contribution in [2.45, 2.75) is 27.7 Å². The standard InChI is InChI=1S/2C18H15N.C17H14N2.C6H7N/c1-14-12-17(15-8-4-2-5-9-15)13-18(19-14)16-10-6-3-7-11-16;1-14-12-17(15-8-4-2-5-9-15)19-18(13-14)16-10-6-3-7-11-16;1-13-18-16(14-8-4-2-5-9-14)12-17(19-13)15-10-6-3-7-11-15;1-6-3-2-4-7-5-6/h2*2-13H,1H3;2-12H,1H3;2-5H,1H3. The van der Waals surface area contributed by atoms with Crippen LogP contribution in [-0.4, -0.2) is 24.9 Å². The molecule has 64 heavy (non-hydrogen) atoms. The number of aromatic nitrogens is 5. The van der Waals surface area contributed by atoms with E-state index < -0.39 is 0 Å². The molecule has 4 heterocycles. The average Bonchev–Trinajstić information content (AvgIpc) is 3.36. The molecule has 0 saturated carbocycles. The minimum absolute atomic E-state index is 0.792. The normalized spacial score (nSPS) is 10.2. The summed E-state index contributed by atoms with van der Waals surface area (Å²) in [7, 11) is 0. The van der Waals surface area contributed by atoms with Crippen molar-refractivity contribution in [1.29, 1.82) is 0 Å². The Bertz CT molecular complexity index is 2460. The summed E-state index contributed by atoms with van der Waals surface area (Å²) in [6.45, 7) is 8.10. The third-order valence-electron chi connectivity index (χ3n) is 10.0. The minimum Gasteiger partial charge on any atom is -0.264 e. The van der Waals surface area contributed by atoms with Crippen LogP contribution < -0.4 is 0 Å². The Labute approximate surface area is 378 Å². The van der Waals surface area contributed by atoms with Crippen LogP contribution in [0.5, 0.6) is 0 Å². The Kier molecular flexibility index (Phi) is 15.5. The van der Waals surface area contributed by atoms with Crippen molar-refractivity contribution in [2.24, 2.45) is 0 Å². The summed E-state index contributed by atoms with van der Waals surface area (Å²) in [4.78, 5) is 22.3. The van der Waals surface area contributed by atoms with Crippen LogP contribution in [0.2, 0.25) is 0 Å². The SMILES string of the molecule is Cc1cc(-c2ccccc2)cc(-c2ccccc2)n1.Cc1cc(-c2ccccc2)nc(-c2ccccc2)c1.Cc1cccnc1.Cc1nc(-c2ccccc2)cc(-c2ccccc2)n1. The van der Waals surface area contributed by atoms with Crippen molar-refractivity contribution in [3.63, 3.8) is 0 Å². The van der Waals surface area contributed by atoms with Crippen molar-refractivity contribution >= 4 is 0 Å². The quantitative estimate of drug-likeness (QED) is 0.167. The van der Waals surface area contributed by atoms with Crippen molar-refractivity contribution in [2.75, 3.05) is 0 Å². The summed E-state index contributed by atoms with van der Waals surface area (Å²) >= 11 is 0. The smallest absolute Gasteiger partial charge is 0.126 e. The fourth-order valence-electron chi connectivity index (χ4n) is 6.93. The maximum Gasteiger partial charge on any atom is 0.126 e. The van der Waals surface area contributed by atoms with Gasteiger partial charge in [-0.25, -0.2) is 15.0 Å². The average molecular weight is 830 g/mol. The zero-order chi connectivity index (χ0) is 44.4. The molecule has 0 amide bonds. The molecule has 0 fully saturated rings. The number of hydrogen-bond donors (Lipinski definition) is 0. The Morgan fingerprint density at radius 1 is 0.266 bits per heavy atom. The predicted octanol–water partition coefficient (Wildman–Crippen LogP) is 15.0. The Morgan fingerprint density at radius 3 is 0.969 bits per heavy atom. The van der Waals surface area contributed by atoms with Crippen molar-refractivity contribution in [1.82, 2.24) is 24.9 Å². The van der Waals surface area contributed by atoms with E-state index in [4.69, 9.17) is 4.98 Å². The fraction of sp³-hybridized carbons (Fsp3) is 0.0678. The van der Waals surface area contributed by atoms with Gasteiger partial charge in [-0.2, -0.15) is 0 Å². The molecule has 312 valence electrons. The first-order valence-corrected chi connectivity index (χ1v) is 21.4. The van der Waals surface area contributed by atoms with Gasteiger partial charge in [0.15, 0.2) is 0 Å². The third-order valence-corrected chi connectivity index (χ3v) is 10.0. The first-order chi connectivity index (χ1) is 31.4. The van der Waals surface area contributed by atoms with Crippen molar-refractivity contribution in [3.8, 4) is 67.4 Å². The van der Waals surface area contributed by atoms with E-state index in [1.54, 1.807) is 6.20 Å². The second-order valence-corrected chi connectivity index (χ2v) is 15.2. The van der Waals surface area contributed by atoms with Gasteiger partial charge in [-0.15, -0.1) is 0 Å². The second-order valence-electron chi connectivity index (χ2n) is 15.2. The molecule has 0 radical (unpaired) electrons. The second kappa shape index (κ2) is 22.6. The molecule has 0 aliphatic rings. The lowest BCUT2D eigenvalue weighted by molar-refractivity contribution is 1.06. The largest absolute Gasteiger partial charge is 0.264 e. The first-order valence-electron chi connectivity index (χ1n) is 21.4. The molecule has 0 atom stereocenters. The topological polar surface area (TPSA) is 64.5 Å². The van der Waals surface area contributed by atoms with Crippen molar-refractivity contribution in [3.05, 3.63) is 259 Å². The summed E-state index contributed by atoms with van der Waals surface area (Å²) in [5, 5.41) is 0. The van der Waals surface area contributed by atoms with Gasteiger partial charge in [0.25, 0.3) is 0 Å². The van der Waals surface area contributed by atoms with E-state index >= 15 is 0 Å². The van der Waals surface area contributed by atoms with Gasteiger partial charge in [-0.05, 0) is 86.3 Å². The maximum atomic E-state index is 4.77. The molecular weight excluding hydrogens is 779 g/mol. The molecule has 0 spiro atoms. The molecule has 0 aliphatic carbocycles. The van der Waals surface area contributed by atoms with Crippen LogP contribution in [-0.2, 0) is 0 Å². The fourth-order valence-corrected chi connectivity index (χ4v) is 6.93. The molecule has 0 N–H and O–H groups in total. The number of benzene rings is 6. The highest BCUT2D eigenvalue weighted by atomic mass is 14.9. The van der Waals surface area contributed by atoms with Crippen LogP contribution in [0.1, 0.15) is 22.6 Å². The summed E-state index contributed by atoms with van der Waals surface area (Å²) < 4.78 is 0. The number of pyridine rings is 3. The van der Waals surface area contributed by atoms with E-state index in [0.717, 1.165) is 67.8 Å². The molecule has 0 aliphatic heterocycles. The van der Waals surface area contributed by atoms with Crippen LogP contribution in [0, 0.1) is 27.7 Å². The third kappa shape index (κ3) is 12.9. The van der Waals surface area contributed by atoms with E-state index in [1.165, 1.54) is 22.3 Å². The van der Waals surface area contributed by atoms with Gasteiger partial charge in [0.1, 0.15) is 5.82 Å². The number of hydrogen-bond acceptors (Lipinski definition) is 5. The Hall–Kier alpha value is -8.15. The van der Waals surface area contributed by atoms with Crippen molar-refractivity contribution < 1.29 is 0 Å². The van der Waals surface area contributed by atoms with Crippen LogP contribution in [0.15, 0.2) is 237 Å². The van der Waals surface area contributed by atoms with Gasteiger partial charge in [-0.3, -0.25) is 9.97 Å². The lowest BCUT2D eigenvalue weighted by Gasteiger charge is -2.07. The minimum atomic E-state index is 0.792. The highest BCUT2D eigenvalue weighted by Crippen LogP contribution is 2.27. The molecule has 5 nitrogen and oxygen atoms in total. The highest BCUT2D eigenvalue weighted by Gasteiger charge is 2.08. The predicted molar refractivity (Wildman–Crippen MR) is 266 cm³/mol. The van der Waals surface area contributed by atoms with Crippen LogP contribution in [0.25, 0.3) is 67.4 Å². The Morgan fingerprint density at radius 2 is 0.625 bits per heavy atom. The van der Waals surface area contributed by atoms with E-state index in [9.17, 15) is 0 Å². The summed E-state index contributed by atoms with van der Waals surface area (Å²) in [5.41, 5.74) is 16.6. The molecule has 0 saturated heterocycles.